The van der Waals surface area contributed by atoms with Gasteiger partial charge in [-0.15, -0.1) is 0 Å². The van der Waals surface area contributed by atoms with Crippen LogP contribution in [0.5, 0.6) is 5.75 Å². The number of benzene rings is 1. The molecule has 0 saturated heterocycles. The molecular weight excluding hydrogens is 262 g/mol. The summed E-state index contributed by atoms with van der Waals surface area (Å²) in [6, 6.07) is 8.14. The van der Waals surface area contributed by atoms with Crippen LogP contribution < -0.4 is 10.1 Å². The molecule has 2 rings (SSSR count). The molecule has 1 amide bonds. The third kappa shape index (κ3) is 4.48. The maximum Gasteiger partial charge on any atom is 0.223 e. The minimum absolute atomic E-state index is 0.101. The Morgan fingerprint density at radius 1 is 1.24 bits per heavy atom. The highest BCUT2D eigenvalue weighted by Gasteiger charge is 2.25. The van der Waals surface area contributed by atoms with Crippen molar-refractivity contribution >= 4 is 5.91 Å². The number of rotatable bonds is 6. The molecule has 1 saturated carbocycles. The van der Waals surface area contributed by atoms with Crippen molar-refractivity contribution in [1.82, 2.24) is 5.32 Å². The number of methoxy groups -OCH3 is 1. The van der Waals surface area contributed by atoms with E-state index >= 15 is 0 Å². The second kappa shape index (κ2) is 7.48. The number of carbonyl (C=O) groups excluding carboxylic acids is 1. The molecule has 0 spiro atoms. The van der Waals surface area contributed by atoms with E-state index in [1.807, 2.05) is 12.1 Å². The van der Waals surface area contributed by atoms with Gasteiger partial charge in [-0.05, 0) is 42.9 Å². The molecule has 1 atom stereocenters. The van der Waals surface area contributed by atoms with Crippen molar-refractivity contribution in [3.63, 3.8) is 0 Å². The van der Waals surface area contributed by atoms with Gasteiger partial charge in [0.05, 0.1) is 13.2 Å². The van der Waals surface area contributed by atoms with E-state index in [-0.39, 0.29) is 17.9 Å². The summed E-state index contributed by atoms with van der Waals surface area (Å²) in [5, 5.41) is 3.26. The van der Waals surface area contributed by atoms with E-state index in [0.29, 0.717) is 5.92 Å². The molecule has 116 valence electrons. The van der Waals surface area contributed by atoms with Crippen LogP contribution in [0.25, 0.3) is 0 Å². The van der Waals surface area contributed by atoms with E-state index in [0.717, 1.165) is 30.6 Å². The van der Waals surface area contributed by atoms with Crippen LogP contribution in [-0.4, -0.2) is 13.0 Å². The molecule has 0 aliphatic heterocycles. The van der Waals surface area contributed by atoms with E-state index in [2.05, 4.69) is 31.3 Å². The van der Waals surface area contributed by atoms with Crippen molar-refractivity contribution in [2.45, 2.75) is 52.0 Å². The van der Waals surface area contributed by atoms with E-state index in [4.69, 9.17) is 4.74 Å². The van der Waals surface area contributed by atoms with Gasteiger partial charge in [-0.25, -0.2) is 0 Å². The van der Waals surface area contributed by atoms with E-state index in [1.54, 1.807) is 7.11 Å². The molecule has 1 aliphatic rings. The van der Waals surface area contributed by atoms with Crippen molar-refractivity contribution < 1.29 is 9.53 Å². The Bertz CT molecular complexity index is 447. The van der Waals surface area contributed by atoms with Crippen molar-refractivity contribution in [3.05, 3.63) is 29.8 Å². The predicted molar refractivity (Wildman–Crippen MR) is 85.3 cm³/mol. The summed E-state index contributed by atoms with van der Waals surface area (Å²) in [6.07, 6.45) is 5.43. The second-order valence-corrected chi connectivity index (χ2v) is 6.45. The third-order valence-corrected chi connectivity index (χ3v) is 4.27. The standard InChI is InChI=1S/C18H27NO2/c1-13(2)12-17(14-8-10-16(21-3)11-9-14)19-18(20)15-6-4-5-7-15/h8-11,13,15,17H,4-7,12H2,1-3H3,(H,19,20)/t17-/m1/s1. The zero-order valence-electron chi connectivity index (χ0n) is 13.4. The van der Waals surface area contributed by atoms with Crippen LogP contribution in [0.15, 0.2) is 24.3 Å². The van der Waals surface area contributed by atoms with Gasteiger partial charge in [0.15, 0.2) is 0 Å². The first-order valence-electron chi connectivity index (χ1n) is 8.04. The fraction of sp³-hybridized carbons (Fsp3) is 0.611. The molecule has 1 N–H and O–H groups in total. The van der Waals surface area contributed by atoms with Crippen molar-refractivity contribution in [3.8, 4) is 5.75 Å². The number of nitrogens with one attached hydrogen (secondary N) is 1. The van der Waals surface area contributed by atoms with E-state index in [9.17, 15) is 4.79 Å². The Morgan fingerprint density at radius 3 is 2.38 bits per heavy atom. The second-order valence-electron chi connectivity index (χ2n) is 6.45. The first-order chi connectivity index (χ1) is 10.1. The monoisotopic (exact) mass is 289 g/mol. The maximum atomic E-state index is 12.4. The van der Waals surface area contributed by atoms with Gasteiger partial charge < -0.3 is 10.1 Å². The van der Waals surface area contributed by atoms with Crippen LogP contribution in [0.1, 0.15) is 57.6 Å². The lowest BCUT2D eigenvalue weighted by Crippen LogP contribution is -2.33. The Labute approximate surface area is 128 Å². The number of ether oxygens (including phenoxy) is 1. The summed E-state index contributed by atoms with van der Waals surface area (Å²) in [6.45, 7) is 4.39. The quantitative estimate of drug-likeness (QED) is 0.856. The van der Waals surface area contributed by atoms with Crippen LogP contribution in [0.4, 0.5) is 0 Å². The highest BCUT2D eigenvalue weighted by atomic mass is 16.5. The van der Waals surface area contributed by atoms with Gasteiger partial charge in [0.2, 0.25) is 5.91 Å². The summed E-state index contributed by atoms with van der Waals surface area (Å²) in [5.74, 6) is 1.84. The van der Waals surface area contributed by atoms with Gasteiger partial charge in [-0.1, -0.05) is 38.8 Å². The van der Waals surface area contributed by atoms with E-state index < -0.39 is 0 Å². The summed E-state index contributed by atoms with van der Waals surface area (Å²) in [7, 11) is 1.67. The number of amides is 1. The van der Waals surface area contributed by atoms with Crippen LogP contribution in [0, 0.1) is 11.8 Å². The molecule has 1 fully saturated rings. The molecule has 1 aliphatic carbocycles. The Balaban J connectivity index is 2.07. The summed E-state index contributed by atoms with van der Waals surface area (Å²) < 4.78 is 5.21. The lowest BCUT2D eigenvalue weighted by molar-refractivity contribution is -0.125. The Hall–Kier alpha value is -1.51. The SMILES string of the molecule is COc1ccc([C@@H](CC(C)C)NC(=O)C2CCCC2)cc1. The fourth-order valence-electron chi connectivity index (χ4n) is 3.06. The summed E-state index contributed by atoms with van der Waals surface area (Å²) in [4.78, 5) is 12.4. The predicted octanol–water partition coefficient (Wildman–Crippen LogP) is 4.09. The number of hydrogen-bond acceptors (Lipinski definition) is 2. The van der Waals surface area contributed by atoms with Gasteiger partial charge >= 0.3 is 0 Å². The van der Waals surface area contributed by atoms with Crippen molar-refractivity contribution in [2.75, 3.05) is 7.11 Å². The van der Waals surface area contributed by atoms with E-state index in [1.165, 1.54) is 12.8 Å². The maximum absolute atomic E-state index is 12.4. The fourth-order valence-corrected chi connectivity index (χ4v) is 3.06. The number of carbonyl (C=O) groups is 1. The van der Waals surface area contributed by atoms with Crippen LogP contribution >= 0.6 is 0 Å². The molecule has 0 aromatic heterocycles. The van der Waals surface area contributed by atoms with Crippen LogP contribution in [0.2, 0.25) is 0 Å². The third-order valence-electron chi connectivity index (χ3n) is 4.27. The minimum atomic E-state index is 0.101. The van der Waals surface area contributed by atoms with Crippen LogP contribution in [-0.2, 0) is 4.79 Å². The molecule has 0 radical (unpaired) electrons. The lowest BCUT2D eigenvalue weighted by Gasteiger charge is -2.23. The highest BCUT2D eigenvalue weighted by molar-refractivity contribution is 5.79. The normalized spacial score (nSPS) is 17.0. The molecule has 0 bridgehead atoms. The molecule has 1 aromatic rings. The van der Waals surface area contributed by atoms with Crippen molar-refractivity contribution in [1.29, 1.82) is 0 Å². The summed E-state index contributed by atoms with van der Waals surface area (Å²) in [5.41, 5.74) is 1.16. The van der Waals surface area contributed by atoms with Gasteiger partial charge in [0.25, 0.3) is 0 Å². The van der Waals surface area contributed by atoms with Gasteiger partial charge in [-0.2, -0.15) is 0 Å². The van der Waals surface area contributed by atoms with Crippen molar-refractivity contribution in [2.24, 2.45) is 11.8 Å². The molecular formula is C18H27NO2. The largest absolute Gasteiger partial charge is 0.497 e. The Kier molecular flexibility index (Phi) is 5.66. The van der Waals surface area contributed by atoms with Gasteiger partial charge in [-0.3, -0.25) is 4.79 Å². The van der Waals surface area contributed by atoms with Crippen LogP contribution in [0.3, 0.4) is 0 Å². The molecule has 0 unspecified atom stereocenters. The molecule has 21 heavy (non-hydrogen) atoms. The average molecular weight is 289 g/mol. The lowest BCUT2D eigenvalue weighted by atomic mass is 9.96. The first-order valence-corrected chi connectivity index (χ1v) is 8.04. The van der Waals surface area contributed by atoms with Gasteiger partial charge in [0.1, 0.15) is 5.75 Å². The molecule has 1 aromatic carbocycles. The minimum Gasteiger partial charge on any atom is -0.497 e. The Morgan fingerprint density at radius 2 is 1.86 bits per heavy atom. The smallest absolute Gasteiger partial charge is 0.223 e. The molecule has 3 nitrogen and oxygen atoms in total. The summed E-state index contributed by atoms with van der Waals surface area (Å²) >= 11 is 0. The molecule has 0 heterocycles. The number of hydrogen-bond donors (Lipinski definition) is 1. The van der Waals surface area contributed by atoms with Gasteiger partial charge in [0, 0.05) is 5.92 Å². The zero-order chi connectivity index (χ0) is 15.2. The zero-order valence-corrected chi connectivity index (χ0v) is 13.4. The average Bonchev–Trinajstić information content (AvgIpc) is 3.00. The highest BCUT2D eigenvalue weighted by Crippen LogP contribution is 2.28. The molecule has 3 heteroatoms. The topological polar surface area (TPSA) is 38.3 Å². The first kappa shape index (κ1) is 15.9.